The van der Waals surface area contributed by atoms with Crippen molar-refractivity contribution in [3.8, 4) is 0 Å². The van der Waals surface area contributed by atoms with E-state index in [0.717, 1.165) is 16.8 Å². The molecule has 5 heteroatoms. The molecule has 1 atom stereocenters. The molecule has 0 N–H and O–H groups in total. The number of likely N-dealkylation sites (N-methyl/N-ethyl adjacent to an activating group) is 1. The largest absolute Gasteiger partial charge is 0.293 e. The first-order valence-electron chi connectivity index (χ1n) is 11.9. The Morgan fingerprint density at radius 3 is 2.40 bits per heavy atom. The Morgan fingerprint density at radius 1 is 0.943 bits per heavy atom. The van der Waals surface area contributed by atoms with Crippen LogP contribution in [0.25, 0.3) is 10.8 Å². The zero-order chi connectivity index (χ0) is 24.2. The second kappa shape index (κ2) is 10.5. The van der Waals surface area contributed by atoms with Gasteiger partial charge in [-0.05, 0) is 59.0 Å². The molecule has 0 unspecified atom stereocenters. The molecule has 1 heterocycles. The average molecular weight is 480 g/mol. The SMILES string of the molecule is CSc1ccc(CN(C)CC(=O)N2N=C(c3ccc4ccccc4c3)C[C@H]2c2ccccc2)cc1. The van der Waals surface area contributed by atoms with Gasteiger partial charge in [-0.25, -0.2) is 5.01 Å². The maximum Gasteiger partial charge on any atom is 0.257 e. The van der Waals surface area contributed by atoms with Crippen LogP contribution in [0.1, 0.15) is 29.2 Å². The zero-order valence-electron chi connectivity index (χ0n) is 20.1. The first-order valence-corrected chi connectivity index (χ1v) is 13.1. The predicted octanol–water partition coefficient (Wildman–Crippen LogP) is 6.37. The van der Waals surface area contributed by atoms with Crippen molar-refractivity contribution < 1.29 is 4.79 Å². The Labute approximate surface area is 211 Å². The molecule has 0 saturated heterocycles. The molecule has 1 amide bonds. The van der Waals surface area contributed by atoms with Gasteiger partial charge in [0.2, 0.25) is 0 Å². The van der Waals surface area contributed by atoms with E-state index >= 15 is 0 Å². The van der Waals surface area contributed by atoms with Crippen molar-refractivity contribution in [2.24, 2.45) is 5.10 Å². The first-order chi connectivity index (χ1) is 17.1. The highest BCUT2D eigenvalue weighted by molar-refractivity contribution is 7.98. The van der Waals surface area contributed by atoms with Crippen molar-refractivity contribution in [2.75, 3.05) is 19.8 Å². The number of amides is 1. The maximum absolute atomic E-state index is 13.5. The van der Waals surface area contributed by atoms with E-state index in [9.17, 15) is 4.79 Å². The summed E-state index contributed by atoms with van der Waals surface area (Å²) in [4.78, 5) is 16.8. The number of hydrogen-bond acceptors (Lipinski definition) is 4. The molecule has 4 nitrogen and oxygen atoms in total. The molecule has 176 valence electrons. The van der Waals surface area contributed by atoms with Gasteiger partial charge in [-0.1, -0.05) is 78.9 Å². The van der Waals surface area contributed by atoms with Crippen LogP contribution in [0.3, 0.4) is 0 Å². The lowest BCUT2D eigenvalue weighted by Crippen LogP contribution is -2.36. The van der Waals surface area contributed by atoms with E-state index in [0.29, 0.717) is 19.5 Å². The number of carbonyl (C=O) groups excluding carboxylic acids is 1. The van der Waals surface area contributed by atoms with Crippen LogP contribution in [0.4, 0.5) is 0 Å². The fraction of sp³-hybridized carbons (Fsp3) is 0.200. The Balaban J connectivity index is 1.37. The third-order valence-corrected chi connectivity index (χ3v) is 7.19. The van der Waals surface area contributed by atoms with Gasteiger partial charge in [-0.3, -0.25) is 9.69 Å². The fourth-order valence-corrected chi connectivity index (χ4v) is 5.03. The van der Waals surface area contributed by atoms with Crippen LogP contribution in [0.2, 0.25) is 0 Å². The van der Waals surface area contributed by atoms with Gasteiger partial charge < -0.3 is 0 Å². The van der Waals surface area contributed by atoms with Crippen LogP contribution in [-0.2, 0) is 11.3 Å². The summed E-state index contributed by atoms with van der Waals surface area (Å²) in [5.74, 6) is 0.0119. The van der Waals surface area contributed by atoms with Crippen LogP contribution >= 0.6 is 11.8 Å². The zero-order valence-corrected chi connectivity index (χ0v) is 20.9. The van der Waals surface area contributed by atoms with E-state index in [1.807, 2.05) is 25.2 Å². The van der Waals surface area contributed by atoms with Gasteiger partial charge in [0.25, 0.3) is 5.91 Å². The summed E-state index contributed by atoms with van der Waals surface area (Å²) >= 11 is 1.73. The first kappa shape index (κ1) is 23.3. The van der Waals surface area contributed by atoms with E-state index in [2.05, 4.69) is 90.0 Å². The Morgan fingerprint density at radius 2 is 1.66 bits per heavy atom. The lowest BCUT2D eigenvalue weighted by atomic mass is 9.97. The van der Waals surface area contributed by atoms with E-state index in [-0.39, 0.29) is 11.9 Å². The third kappa shape index (κ3) is 5.31. The lowest BCUT2D eigenvalue weighted by molar-refractivity contribution is -0.134. The van der Waals surface area contributed by atoms with Gasteiger partial charge in [-0.2, -0.15) is 5.10 Å². The molecule has 0 radical (unpaired) electrons. The average Bonchev–Trinajstić information content (AvgIpc) is 3.35. The van der Waals surface area contributed by atoms with Crippen molar-refractivity contribution in [1.29, 1.82) is 0 Å². The minimum atomic E-state index is -0.0977. The molecule has 4 aromatic rings. The minimum absolute atomic E-state index is 0.0119. The van der Waals surface area contributed by atoms with Crippen LogP contribution in [0.5, 0.6) is 0 Å². The molecule has 0 spiro atoms. The van der Waals surface area contributed by atoms with E-state index in [1.54, 1.807) is 16.8 Å². The molecule has 0 fully saturated rings. The molecule has 0 aliphatic carbocycles. The normalized spacial score (nSPS) is 15.6. The summed E-state index contributed by atoms with van der Waals surface area (Å²) in [5, 5.41) is 8.96. The smallest absolute Gasteiger partial charge is 0.257 e. The standard InChI is InChI=1S/C30H29N3OS/c1-32(20-22-12-16-27(35-2)17-13-22)21-30(34)33-29(24-9-4-3-5-10-24)19-28(31-33)26-15-14-23-8-6-7-11-25(23)18-26/h3-18,29H,19-21H2,1-2H3/t29-/m0/s1. The number of benzene rings is 4. The Hall–Kier alpha value is -3.41. The Kier molecular flexibility index (Phi) is 6.98. The molecule has 4 aromatic carbocycles. The third-order valence-electron chi connectivity index (χ3n) is 6.45. The summed E-state index contributed by atoms with van der Waals surface area (Å²) < 4.78 is 0. The van der Waals surface area contributed by atoms with Crippen molar-refractivity contribution in [3.63, 3.8) is 0 Å². The highest BCUT2D eigenvalue weighted by Gasteiger charge is 2.33. The molecule has 1 aliphatic rings. The summed E-state index contributed by atoms with van der Waals surface area (Å²) in [6.07, 6.45) is 2.78. The molecular formula is C30H29N3OS. The summed E-state index contributed by atoms with van der Waals surface area (Å²) in [7, 11) is 1.99. The van der Waals surface area contributed by atoms with Crippen LogP contribution < -0.4 is 0 Å². The maximum atomic E-state index is 13.5. The number of thioether (sulfide) groups is 1. The summed E-state index contributed by atoms with van der Waals surface area (Å²) in [5.41, 5.74) is 4.32. The van der Waals surface area contributed by atoms with Gasteiger partial charge in [-0.15, -0.1) is 11.8 Å². The monoisotopic (exact) mass is 479 g/mol. The minimum Gasteiger partial charge on any atom is -0.293 e. The molecule has 0 bridgehead atoms. The number of hydrogen-bond donors (Lipinski definition) is 0. The van der Waals surface area contributed by atoms with Gasteiger partial charge >= 0.3 is 0 Å². The van der Waals surface area contributed by atoms with Crippen molar-refractivity contribution in [2.45, 2.75) is 23.9 Å². The molecule has 5 rings (SSSR count). The summed E-state index contributed by atoms with van der Waals surface area (Å²) in [6, 6.07) is 33.4. The second-order valence-electron chi connectivity index (χ2n) is 9.00. The highest BCUT2D eigenvalue weighted by atomic mass is 32.2. The number of carbonyl (C=O) groups is 1. The van der Waals surface area contributed by atoms with E-state index < -0.39 is 0 Å². The summed E-state index contributed by atoms with van der Waals surface area (Å²) in [6.45, 7) is 1.02. The van der Waals surface area contributed by atoms with Crippen molar-refractivity contribution in [1.82, 2.24) is 9.91 Å². The lowest BCUT2D eigenvalue weighted by Gasteiger charge is -2.25. The predicted molar refractivity (Wildman–Crippen MR) is 146 cm³/mol. The van der Waals surface area contributed by atoms with Crippen molar-refractivity contribution in [3.05, 3.63) is 114 Å². The molecule has 0 saturated carbocycles. The molecule has 1 aliphatic heterocycles. The van der Waals surface area contributed by atoms with Gasteiger partial charge in [0.15, 0.2) is 0 Å². The van der Waals surface area contributed by atoms with Gasteiger partial charge in [0, 0.05) is 17.9 Å². The number of rotatable bonds is 7. The van der Waals surface area contributed by atoms with Crippen LogP contribution in [0, 0.1) is 0 Å². The van der Waals surface area contributed by atoms with E-state index in [4.69, 9.17) is 5.10 Å². The number of hydrazone groups is 1. The highest BCUT2D eigenvalue weighted by Crippen LogP contribution is 2.33. The number of fused-ring (bicyclic) bond motifs is 1. The van der Waals surface area contributed by atoms with Gasteiger partial charge in [0.1, 0.15) is 0 Å². The Bertz CT molecular complexity index is 1350. The molecule has 35 heavy (non-hydrogen) atoms. The quantitative estimate of drug-likeness (QED) is 0.289. The van der Waals surface area contributed by atoms with Crippen LogP contribution in [-0.4, -0.2) is 41.4 Å². The van der Waals surface area contributed by atoms with Crippen LogP contribution in [0.15, 0.2) is 107 Å². The molecular weight excluding hydrogens is 450 g/mol. The van der Waals surface area contributed by atoms with Gasteiger partial charge in [0.05, 0.1) is 18.3 Å². The van der Waals surface area contributed by atoms with Crippen molar-refractivity contribution >= 4 is 34.2 Å². The van der Waals surface area contributed by atoms with E-state index in [1.165, 1.54) is 21.2 Å². The fourth-order valence-electron chi connectivity index (χ4n) is 4.62. The number of nitrogens with zero attached hydrogens (tertiary/aromatic N) is 3. The topological polar surface area (TPSA) is 35.9 Å². The second-order valence-corrected chi connectivity index (χ2v) is 9.88. The molecule has 0 aromatic heterocycles.